The molecule has 1 aliphatic rings. The fourth-order valence-corrected chi connectivity index (χ4v) is 3.27. The van der Waals surface area contributed by atoms with Crippen molar-refractivity contribution in [2.24, 2.45) is 5.92 Å². The number of Topliss-reactive ketones (excluding diaryl/α,β-unsaturated/α-hetero) is 1. The number of amides is 2. The Morgan fingerprint density at radius 2 is 1.65 bits per heavy atom. The molecule has 0 aliphatic carbocycles. The number of rotatable bonds is 4. The fraction of sp³-hybridized carbons (Fsp3) is 0.286. The van der Waals surface area contributed by atoms with E-state index in [0.29, 0.717) is 17.8 Å². The van der Waals surface area contributed by atoms with Crippen molar-refractivity contribution in [1.82, 2.24) is 0 Å². The molecule has 0 saturated carbocycles. The summed E-state index contributed by atoms with van der Waals surface area (Å²) in [4.78, 5) is 37.9. The zero-order valence-corrected chi connectivity index (χ0v) is 15.2. The first-order valence-electron chi connectivity index (χ1n) is 8.64. The van der Waals surface area contributed by atoms with Crippen LogP contribution in [0.2, 0.25) is 0 Å². The first-order chi connectivity index (χ1) is 12.3. The number of hydrogen-bond acceptors (Lipinski definition) is 3. The van der Waals surface area contributed by atoms with Crippen LogP contribution in [0.25, 0.3) is 0 Å². The van der Waals surface area contributed by atoms with Crippen molar-refractivity contribution in [2.75, 3.05) is 16.8 Å². The highest BCUT2D eigenvalue weighted by atomic mass is 16.2. The van der Waals surface area contributed by atoms with Gasteiger partial charge in [-0.3, -0.25) is 14.4 Å². The molecule has 5 heteroatoms. The van der Waals surface area contributed by atoms with Gasteiger partial charge in [-0.25, -0.2) is 0 Å². The molecule has 2 amide bonds. The normalized spacial score (nSPS) is 16.7. The van der Waals surface area contributed by atoms with Gasteiger partial charge in [0, 0.05) is 29.9 Å². The van der Waals surface area contributed by atoms with Gasteiger partial charge in [0.15, 0.2) is 5.78 Å². The highest BCUT2D eigenvalue weighted by Gasteiger charge is 2.35. The first kappa shape index (κ1) is 17.9. The lowest BCUT2D eigenvalue weighted by Crippen LogP contribution is -2.28. The van der Waals surface area contributed by atoms with Gasteiger partial charge in [0.1, 0.15) is 0 Å². The molecular weight excluding hydrogens is 328 g/mol. The first-order valence-corrected chi connectivity index (χ1v) is 8.64. The summed E-state index contributed by atoms with van der Waals surface area (Å²) in [5.41, 5.74) is 4.24. The maximum absolute atomic E-state index is 12.5. The van der Waals surface area contributed by atoms with E-state index >= 15 is 0 Å². The number of nitrogens with zero attached hydrogens (tertiary/aromatic N) is 1. The zero-order valence-electron chi connectivity index (χ0n) is 15.2. The fourth-order valence-electron chi connectivity index (χ4n) is 3.27. The van der Waals surface area contributed by atoms with E-state index in [0.717, 1.165) is 16.8 Å². The van der Waals surface area contributed by atoms with Gasteiger partial charge in [0.05, 0.1) is 5.92 Å². The summed E-state index contributed by atoms with van der Waals surface area (Å²) < 4.78 is 0. The molecule has 1 N–H and O–H groups in total. The molecule has 0 radical (unpaired) electrons. The second kappa shape index (κ2) is 7.12. The standard InChI is InChI=1S/C21H22N2O3/c1-13-8-14(2)10-19(9-13)23-12-17(11-20(23)25)21(26)22-18-6-4-16(5-7-18)15(3)24/h4-10,17H,11-12H2,1-3H3,(H,22,26)/t17-/m0/s1. The Morgan fingerprint density at radius 3 is 2.23 bits per heavy atom. The number of nitrogens with one attached hydrogen (secondary N) is 1. The molecule has 0 unspecified atom stereocenters. The van der Waals surface area contributed by atoms with E-state index in [2.05, 4.69) is 11.4 Å². The van der Waals surface area contributed by atoms with Gasteiger partial charge >= 0.3 is 0 Å². The second-order valence-electron chi connectivity index (χ2n) is 6.87. The number of carbonyl (C=O) groups is 3. The van der Waals surface area contributed by atoms with Gasteiger partial charge in [-0.2, -0.15) is 0 Å². The van der Waals surface area contributed by atoms with Crippen molar-refractivity contribution >= 4 is 29.0 Å². The van der Waals surface area contributed by atoms with Crippen LogP contribution in [0.1, 0.15) is 34.8 Å². The van der Waals surface area contributed by atoms with Crippen LogP contribution in [-0.2, 0) is 9.59 Å². The maximum atomic E-state index is 12.5. The Balaban J connectivity index is 1.69. The highest BCUT2D eigenvalue weighted by Crippen LogP contribution is 2.27. The van der Waals surface area contributed by atoms with Crippen LogP contribution in [0.15, 0.2) is 42.5 Å². The molecule has 2 aromatic carbocycles. The number of carbonyl (C=O) groups excluding carboxylic acids is 3. The molecule has 5 nitrogen and oxygen atoms in total. The van der Waals surface area contributed by atoms with Gasteiger partial charge in [-0.1, -0.05) is 6.07 Å². The molecule has 3 rings (SSSR count). The van der Waals surface area contributed by atoms with E-state index < -0.39 is 5.92 Å². The minimum atomic E-state index is -0.393. The predicted molar refractivity (Wildman–Crippen MR) is 101 cm³/mol. The van der Waals surface area contributed by atoms with E-state index in [1.165, 1.54) is 6.92 Å². The third kappa shape index (κ3) is 3.82. The summed E-state index contributed by atoms with van der Waals surface area (Å²) in [7, 11) is 0. The van der Waals surface area contributed by atoms with Gasteiger partial charge in [-0.15, -0.1) is 0 Å². The van der Waals surface area contributed by atoms with Crippen LogP contribution in [-0.4, -0.2) is 24.1 Å². The van der Waals surface area contributed by atoms with Crippen molar-refractivity contribution < 1.29 is 14.4 Å². The van der Waals surface area contributed by atoms with Crippen molar-refractivity contribution in [3.05, 3.63) is 59.2 Å². The number of aryl methyl sites for hydroxylation is 2. The van der Waals surface area contributed by atoms with Crippen molar-refractivity contribution in [3.63, 3.8) is 0 Å². The predicted octanol–water partition coefficient (Wildman–Crippen LogP) is 3.50. The van der Waals surface area contributed by atoms with Crippen LogP contribution in [0.5, 0.6) is 0 Å². The topological polar surface area (TPSA) is 66.5 Å². The third-order valence-corrected chi connectivity index (χ3v) is 4.57. The SMILES string of the molecule is CC(=O)c1ccc(NC(=O)[C@H]2CC(=O)N(c3cc(C)cc(C)c3)C2)cc1. The Kier molecular flexibility index (Phi) is 4.89. The van der Waals surface area contributed by atoms with Crippen LogP contribution >= 0.6 is 0 Å². The summed E-state index contributed by atoms with van der Waals surface area (Å²) in [6.45, 7) is 5.86. The van der Waals surface area contributed by atoms with Crippen molar-refractivity contribution in [2.45, 2.75) is 27.2 Å². The number of anilines is 2. The second-order valence-corrected chi connectivity index (χ2v) is 6.87. The van der Waals surface area contributed by atoms with E-state index in [9.17, 15) is 14.4 Å². The van der Waals surface area contributed by atoms with Gasteiger partial charge in [0.25, 0.3) is 0 Å². The third-order valence-electron chi connectivity index (χ3n) is 4.57. The minimum absolute atomic E-state index is 0.0200. The smallest absolute Gasteiger partial charge is 0.229 e. The summed E-state index contributed by atoms with van der Waals surface area (Å²) in [5.74, 6) is -0.632. The lowest BCUT2D eigenvalue weighted by molar-refractivity contribution is -0.122. The number of ketones is 1. The highest BCUT2D eigenvalue weighted by molar-refractivity contribution is 6.03. The van der Waals surface area contributed by atoms with Crippen LogP contribution in [0.4, 0.5) is 11.4 Å². The Hall–Kier alpha value is -2.95. The molecular formula is C21H22N2O3. The molecule has 134 valence electrons. The maximum Gasteiger partial charge on any atom is 0.229 e. The monoisotopic (exact) mass is 350 g/mol. The quantitative estimate of drug-likeness (QED) is 0.858. The van der Waals surface area contributed by atoms with E-state index in [1.54, 1.807) is 29.2 Å². The van der Waals surface area contributed by atoms with Gasteiger partial charge < -0.3 is 10.2 Å². The summed E-state index contributed by atoms with van der Waals surface area (Å²) >= 11 is 0. The lowest BCUT2D eigenvalue weighted by atomic mass is 10.1. The van der Waals surface area contributed by atoms with Crippen LogP contribution < -0.4 is 10.2 Å². The van der Waals surface area contributed by atoms with E-state index in [1.807, 2.05) is 26.0 Å². The van der Waals surface area contributed by atoms with Gasteiger partial charge in [-0.05, 0) is 68.3 Å². The van der Waals surface area contributed by atoms with Crippen molar-refractivity contribution in [3.8, 4) is 0 Å². The molecule has 1 heterocycles. The van der Waals surface area contributed by atoms with Crippen LogP contribution in [0.3, 0.4) is 0 Å². The molecule has 2 aromatic rings. The molecule has 26 heavy (non-hydrogen) atoms. The minimum Gasteiger partial charge on any atom is -0.326 e. The molecule has 1 saturated heterocycles. The summed E-state index contributed by atoms with van der Waals surface area (Å²) in [6, 6.07) is 12.7. The van der Waals surface area contributed by atoms with E-state index in [4.69, 9.17) is 0 Å². The zero-order chi connectivity index (χ0) is 18.8. The number of benzene rings is 2. The molecule has 1 fully saturated rings. The largest absolute Gasteiger partial charge is 0.326 e. The number of hydrogen-bond donors (Lipinski definition) is 1. The molecule has 0 aromatic heterocycles. The summed E-state index contributed by atoms with van der Waals surface area (Å²) in [5, 5.41) is 2.84. The van der Waals surface area contributed by atoms with E-state index in [-0.39, 0.29) is 24.0 Å². The van der Waals surface area contributed by atoms with Crippen molar-refractivity contribution in [1.29, 1.82) is 0 Å². The average Bonchev–Trinajstić information content (AvgIpc) is 2.96. The Bertz CT molecular complexity index is 851. The van der Waals surface area contributed by atoms with Crippen LogP contribution in [0, 0.1) is 19.8 Å². The average molecular weight is 350 g/mol. The molecule has 1 aliphatic heterocycles. The summed E-state index contributed by atoms with van der Waals surface area (Å²) in [6.07, 6.45) is 0.199. The molecule has 0 bridgehead atoms. The molecule has 1 atom stereocenters. The Labute approximate surface area is 153 Å². The Morgan fingerprint density at radius 1 is 1.04 bits per heavy atom. The van der Waals surface area contributed by atoms with Gasteiger partial charge in [0.2, 0.25) is 11.8 Å². The lowest BCUT2D eigenvalue weighted by Gasteiger charge is -2.18. The molecule has 0 spiro atoms.